The van der Waals surface area contributed by atoms with Gasteiger partial charge in [0.05, 0.1) is 0 Å². The van der Waals surface area contributed by atoms with Gasteiger partial charge in [-0.25, -0.2) is 0 Å². The Morgan fingerprint density at radius 3 is 1.73 bits per heavy atom. The fraction of sp³-hybridized carbons (Fsp3) is 0.143. The van der Waals surface area contributed by atoms with Crippen LogP contribution in [0.5, 0.6) is 0 Å². The van der Waals surface area contributed by atoms with Crippen molar-refractivity contribution in [3.05, 3.63) is 34.3 Å². The van der Waals surface area contributed by atoms with Crippen LogP contribution in [0.15, 0.2) is 28.7 Å². The van der Waals surface area contributed by atoms with Gasteiger partial charge in [0.25, 0.3) is 0 Å². The summed E-state index contributed by atoms with van der Waals surface area (Å²) in [6, 6.07) is 8.22. The molecule has 0 unspecified atom stereocenters. The molecular weight excluding hydrogens is 389 g/mol. The van der Waals surface area contributed by atoms with Crippen molar-refractivity contribution in [2.24, 2.45) is 0 Å². The number of rotatable bonds is 0. The summed E-state index contributed by atoms with van der Waals surface area (Å²) in [7, 11) is 0. The van der Waals surface area contributed by atoms with Crippen molar-refractivity contribution in [2.75, 3.05) is 0 Å². The normalized spacial score (nSPS) is 7.64. The summed E-state index contributed by atoms with van der Waals surface area (Å²) in [5.41, 5.74) is 1.30. The van der Waals surface area contributed by atoms with Crippen LogP contribution in [0.25, 0.3) is 0 Å². The molecule has 0 aliphatic heterocycles. The van der Waals surface area contributed by atoms with Gasteiger partial charge in [-0.15, -0.1) is 0 Å². The van der Waals surface area contributed by atoms with E-state index in [-0.39, 0.29) is 13.2 Å². The second kappa shape index (κ2) is 7.91. The van der Waals surface area contributed by atoms with Gasteiger partial charge >= 0.3 is 40.5 Å². The standard InChI is InChI=1S/C7H7Br.2BrH.Zn/c1-6-2-4-7(8)5-3-6;;;/h2-5H,1H3;2*1H;/q;;;+2/p-2. The van der Waals surface area contributed by atoms with Crippen LogP contribution in [0, 0.1) is 6.92 Å². The van der Waals surface area contributed by atoms with Gasteiger partial charge < -0.3 is 0 Å². The van der Waals surface area contributed by atoms with E-state index < -0.39 is 0 Å². The molecule has 0 amide bonds. The molecule has 0 saturated heterocycles. The van der Waals surface area contributed by atoms with E-state index in [1.165, 1.54) is 5.56 Å². The fourth-order valence-corrected chi connectivity index (χ4v) is 0.798. The molecule has 0 nitrogen and oxygen atoms in total. The van der Waals surface area contributed by atoms with E-state index in [1.807, 2.05) is 12.1 Å². The zero-order valence-corrected chi connectivity index (χ0v) is 13.9. The van der Waals surface area contributed by atoms with Crippen LogP contribution < -0.4 is 0 Å². The molecule has 0 heterocycles. The Labute approximate surface area is 96.6 Å². The zero-order valence-electron chi connectivity index (χ0n) is 6.15. The first kappa shape index (κ1) is 12.3. The van der Waals surface area contributed by atoms with Crippen molar-refractivity contribution < 1.29 is 13.2 Å². The third-order valence-corrected chi connectivity index (χ3v) is 1.54. The minimum atomic E-state index is -0.250. The Kier molecular flexibility index (Phi) is 8.83. The van der Waals surface area contributed by atoms with Gasteiger partial charge in [-0.1, -0.05) is 33.6 Å². The van der Waals surface area contributed by atoms with Crippen molar-refractivity contribution in [3.8, 4) is 0 Å². The number of benzene rings is 1. The summed E-state index contributed by atoms with van der Waals surface area (Å²) in [4.78, 5) is 0. The predicted octanol–water partition coefficient (Wildman–Crippen LogP) is 4.45. The average molecular weight is 396 g/mol. The Morgan fingerprint density at radius 1 is 1.09 bits per heavy atom. The maximum absolute atomic E-state index is 3.35. The number of hydrogen-bond acceptors (Lipinski definition) is 0. The van der Waals surface area contributed by atoms with Crippen LogP contribution in [0.4, 0.5) is 0 Å². The molecule has 0 saturated carbocycles. The van der Waals surface area contributed by atoms with Gasteiger partial charge in [0.1, 0.15) is 0 Å². The quantitative estimate of drug-likeness (QED) is 0.569. The zero-order chi connectivity index (χ0) is 8.69. The SMILES string of the molecule is Cc1ccc(Br)cc1.[Br][Zn][Br]. The summed E-state index contributed by atoms with van der Waals surface area (Å²) in [5.74, 6) is 0. The molecule has 58 valence electrons. The first-order chi connectivity index (χ1) is 5.20. The first-order valence-electron chi connectivity index (χ1n) is 3.04. The Balaban J connectivity index is 0.000000292. The fourth-order valence-electron chi connectivity index (χ4n) is 0.533. The van der Waals surface area contributed by atoms with Crippen LogP contribution in [-0.2, 0) is 13.2 Å². The van der Waals surface area contributed by atoms with Gasteiger partial charge in [0.15, 0.2) is 0 Å². The predicted molar refractivity (Wildman–Crippen MR) is 56.7 cm³/mol. The Bertz CT molecular complexity index is 164. The molecule has 0 bridgehead atoms. The maximum atomic E-state index is 3.35. The molecule has 0 radical (unpaired) electrons. The van der Waals surface area contributed by atoms with Crippen LogP contribution in [0.1, 0.15) is 5.56 Å². The van der Waals surface area contributed by atoms with Crippen LogP contribution in [-0.4, -0.2) is 0 Å². The van der Waals surface area contributed by atoms with E-state index in [1.54, 1.807) is 0 Å². The van der Waals surface area contributed by atoms with E-state index in [2.05, 4.69) is 62.2 Å². The second-order valence-corrected chi connectivity index (χ2v) is 16.9. The van der Waals surface area contributed by atoms with E-state index in [0.717, 1.165) is 4.47 Å². The Hall–Kier alpha value is 1.28. The minimum absolute atomic E-state index is 0.250. The van der Waals surface area contributed by atoms with E-state index in [0.29, 0.717) is 0 Å². The van der Waals surface area contributed by atoms with Gasteiger partial charge in [-0.3, -0.25) is 0 Å². The van der Waals surface area contributed by atoms with Crippen LogP contribution in [0.2, 0.25) is 0 Å². The molecule has 0 aromatic heterocycles. The van der Waals surface area contributed by atoms with Crippen LogP contribution >= 0.6 is 43.2 Å². The Morgan fingerprint density at radius 2 is 1.45 bits per heavy atom. The van der Waals surface area contributed by atoms with Gasteiger partial charge in [-0.2, -0.15) is 0 Å². The molecule has 0 aliphatic carbocycles. The third-order valence-electron chi connectivity index (χ3n) is 1.01. The van der Waals surface area contributed by atoms with Crippen molar-refractivity contribution in [1.29, 1.82) is 0 Å². The molecule has 1 aromatic rings. The number of halogens is 3. The molecule has 0 spiro atoms. The molecule has 0 atom stereocenters. The van der Waals surface area contributed by atoms with Crippen molar-refractivity contribution >= 4 is 43.2 Å². The molecule has 1 aromatic carbocycles. The van der Waals surface area contributed by atoms with Crippen molar-refractivity contribution in [2.45, 2.75) is 6.92 Å². The van der Waals surface area contributed by atoms with E-state index in [4.69, 9.17) is 0 Å². The molecule has 4 heteroatoms. The molecule has 0 aliphatic rings. The summed E-state index contributed by atoms with van der Waals surface area (Å²) in [6.07, 6.45) is 0. The molecule has 0 fully saturated rings. The molecule has 11 heavy (non-hydrogen) atoms. The average Bonchev–Trinajstić information content (AvgIpc) is 1.97. The number of aryl methyl sites for hydroxylation is 1. The van der Waals surface area contributed by atoms with Crippen LogP contribution in [0.3, 0.4) is 0 Å². The third kappa shape index (κ3) is 7.64. The second-order valence-electron chi connectivity index (χ2n) is 1.90. The molecular formula is C7H7Br3Zn. The number of hydrogen-bond donors (Lipinski definition) is 0. The summed E-state index contributed by atoms with van der Waals surface area (Å²) < 4.78 is 1.14. The first-order valence-corrected chi connectivity index (χ1v) is 17.7. The summed E-state index contributed by atoms with van der Waals surface area (Å²) in [5, 5.41) is 0. The monoisotopic (exact) mass is 392 g/mol. The van der Waals surface area contributed by atoms with Gasteiger partial charge in [-0.05, 0) is 19.1 Å². The van der Waals surface area contributed by atoms with E-state index in [9.17, 15) is 0 Å². The molecule has 0 N–H and O–H groups in total. The van der Waals surface area contributed by atoms with E-state index >= 15 is 0 Å². The van der Waals surface area contributed by atoms with Crippen molar-refractivity contribution in [1.82, 2.24) is 0 Å². The van der Waals surface area contributed by atoms with Gasteiger partial charge in [0, 0.05) is 4.47 Å². The topological polar surface area (TPSA) is 0 Å². The molecule has 1 rings (SSSR count). The van der Waals surface area contributed by atoms with Gasteiger partial charge in [0.2, 0.25) is 0 Å². The summed E-state index contributed by atoms with van der Waals surface area (Å²) >= 11 is 9.60. The summed E-state index contributed by atoms with van der Waals surface area (Å²) in [6.45, 7) is 2.08. The van der Waals surface area contributed by atoms with Crippen molar-refractivity contribution in [3.63, 3.8) is 0 Å².